The third-order valence-electron chi connectivity index (χ3n) is 5.41. The van der Waals surface area contributed by atoms with Crippen LogP contribution in [0.4, 0.5) is 0 Å². The first-order chi connectivity index (χ1) is 9.87. The number of hydrogen-bond acceptors (Lipinski definition) is 3. The molecule has 0 heterocycles. The molecule has 112 valence electrons. The maximum atomic E-state index is 12.4. The second-order valence-corrected chi connectivity index (χ2v) is 6.70. The number of Topliss-reactive ketones (excluding diaryl/α,β-unsaturated/α-hetero) is 1. The number of ketones is 1. The number of fused-ring (bicyclic) bond motifs is 1. The molecule has 0 radical (unpaired) electrons. The summed E-state index contributed by atoms with van der Waals surface area (Å²) >= 11 is 0. The van der Waals surface area contributed by atoms with Crippen molar-refractivity contribution in [2.24, 2.45) is 5.41 Å². The normalized spacial score (nSPS) is 36.1. The van der Waals surface area contributed by atoms with Gasteiger partial charge in [0.2, 0.25) is 0 Å². The van der Waals surface area contributed by atoms with Gasteiger partial charge in [-0.15, -0.1) is 0 Å². The minimum absolute atomic E-state index is 0.0592. The first-order valence-electron chi connectivity index (χ1n) is 7.57. The number of allylic oxidation sites excluding steroid dienone is 1. The van der Waals surface area contributed by atoms with E-state index < -0.39 is 17.1 Å². The standard InChI is InChI=1S/C18H22O3/c1-12-3-5-13(6-4-12)14-7-8-16(20)18(21)10-9-15(19)17(18,2)11-14/h3-7,16,20-21H,8-11H2,1-2H3/t16-,17-,18-/m0/s1. The lowest BCUT2D eigenvalue weighted by Gasteiger charge is -2.40. The van der Waals surface area contributed by atoms with E-state index in [2.05, 4.69) is 0 Å². The topological polar surface area (TPSA) is 57.5 Å². The molecule has 3 heteroatoms. The molecule has 2 aliphatic carbocycles. The van der Waals surface area contributed by atoms with Crippen molar-refractivity contribution in [2.75, 3.05) is 0 Å². The zero-order chi connectivity index (χ0) is 15.3. The number of aryl methyl sites for hydroxylation is 1. The van der Waals surface area contributed by atoms with E-state index in [-0.39, 0.29) is 5.78 Å². The molecule has 1 fully saturated rings. The smallest absolute Gasteiger partial charge is 0.142 e. The third kappa shape index (κ3) is 2.07. The molecular weight excluding hydrogens is 264 g/mol. The highest BCUT2D eigenvalue weighted by atomic mass is 16.3. The molecule has 3 rings (SSSR count). The lowest BCUT2D eigenvalue weighted by molar-refractivity contribution is -0.151. The molecule has 1 aromatic rings. The number of benzene rings is 1. The molecule has 21 heavy (non-hydrogen) atoms. The summed E-state index contributed by atoms with van der Waals surface area (Å²) in [5.41, 5.74) is 1.11. The first-order valence-corrected chi connectivity index (χ1v) is 7.57. The summed E-state index contributed by atoms with van der Waals surface area (Å²) in [5, 5.41) is 21.3. The fourth-order valence-electron chi connectivity index (χ4n) is 3.77. The Morgan fingerprint density at radius 2 is 1.90 bits per heavy atom. The predicted octanol–water partition coefficient (Wildman–Crippen LogP) is 2.63. The van der Waals surface area contributed by atoms with Gasteiger partial charge < -0.3 is 10.2 Å². The molecule has 2 aliphatic rings. The molecule has 0 aliphatic heterocycles. The Morgan fingerprint density at radius 1 is 1.24 bits per heavy atom. The fourth-order valence-corrected chi connectivity index (χ4v) is 3.77. The second kappa shape index (κ2) is 4.79. The van der Waals surface area contributed by atoms with Crippen molar-refractivity contribution in [3.63, 3.8) is 0 Å². The highest BCUT2D eigenvalue weighted by molar-refractivity contribution is 5.91. The molecule has 0 saturated heterocycles. The van der Waals surface area contributed by atoms with E-state index in [1.807, 2.05) is 37.3 Å². The zero-order valence-electron chi connectivity index (χ0n) is 12.6. The second-order valence-electron chi connectivity index (χ2n) is 6.70. The number of aliphatic hydroxyl groups is 2. The van der Waals surface area contributed by atoms with E-state index in [0.29, 0.717) is 25.7 Å². The summed E-state index contributed by atoms with van der Waals surface area (Å²) in [4.78, 5) is 12.4. The van der Waals surface area contributed by atoms with Gasteiger partial charge in [0.1, 0.15) is 11.4 Å². The quantitative estimate of drug-likeness (QED) is 0.834. The Balaban J connectivity index is 2.02. The highest BCUT2D eigenvalue weighted by Gasteiger charge is 2.60. The van der Waals surface area contributed by atoms with E-state index in [1.54, 1.807) is 6.92 Å². The Hall–Kier alpha value is -1.45. The van der Waals surface area contributed by atoms with E-state index in [0.717, 1.165) is 11.1 Å². The van der Waals surface area contributed by atoms with Crippen molar-refractivity contribution in [1.82, 2.24) is 0 Å². The summed E-state index contributed by atoms with van der Waals surface area (Å²) in [5.74, 6) is 0.0592. The fraction of sp³-hybridized carbons (Fsp3) is 0.500. The molecule has 1 aromatic carbocycles. The number of aliphatic hydroxyl groups excluding tert-OH is 1. The lowest BCUT2D eigenvalue weighted by atomic mass is 9.69. The molecule has 0 bridgehead atoms. The van der Waals surface area contributed by atoms with Gasteiger partial charge in [-0.25, -0.2) is 0 Å². The minimum atomic E-state index is -1.30. The van der Waals surface area contributed by atoms with Gasteiger partial charge in [-0.1, -0.05) is 35.9 Å². The Morgan fingerprint density at radius 3 is 2.57 bits per heavy atom. The summed E-state index contributed by atoms with van der Waals surface area (Å²) < 4.78 is 0. The van der Waals surface area contributed by atoms with Crippen LogP contribution in [0.3, 0.4) is 0 Å². The van der Waals surface area contributed by atoms with Crippen LogP contribution in [0.25, 0.3) is 5.57 Å². The van der Waals surface area contributed by atoms with Gasteiger partial charge >= 0.3 is 0 Å². The monoisotopic (exact) mass is 286 g/mol. The average molecular weight is 286 g/mol. The molecule has 0 aromatic heterocycles. The summed E-state index contributed by atoms with van der Waals surface area (Å²) in [6.07, 6.45) is 2.69. The molecule has 0 unspecified atom stereocenters. The summed E-state index contributed by atoms with van der Waals surface area (Å²) in [7, 11) is 0. The molecular formula is C18H22O3. The van der Waals surface area contributed by atoms with Crippen LogP contribution < -0.4 is 0 Å². The van der Waals surface area contributed by atoms with Gasteiger partial charge in [-0.3, -0.25) is 4.79 Å². The van der Waals surface area contributed by atoms with E-state index in [9.17, 15) is 15.0 Å². The van der Waals surface area contributed by atoms with Crippen LogP contribution >= 0.6 is 0 Å². The predicted molar refractivity (Wildman–Crippen MR) is 81.7 cm³/mol. The van der Waals surface area contributed by atoms with Gasteiger partial charge in [-0.2, -0.15) is 0 Å². The highest BCUT2D eigenvalue weighted by Crippen LogP contribution is 2.53. The van der Waals surface area contributed by atoms with Crippen molar-refractivity contribution in [2.45, 2.75) is 51.2 Å². The maximum absolute atomic E-state index is 12.4. The van der Waals surface area contributed by atoms with E-state index in [4.69, 9.17) is 0 Å². The third-order valence-corrected chi connectivity index (χ3v) is 5.41. The van der Waals surface area contributed by atoms with Crippen LogP contribution in [0.1, 0.15) is 43.7 Å². The van der Waals surface area contributed by atoms with Crippen LogP contribution in [0, 0.1) is 12.3 Å². The van der Waals surface area contributed by atoms with Crippen molar-refractivity contribution in [3.05, 3.63) is 41.5 Å². The number of carbonyl (C=O) groups is 1. The average Bonchev–Trinajstić information content (AvgIpc) is 2.63. The van der Waals surface area contributed by atoms with Crippen molar-refractivity contribution in [1.29, 1.82) is 0 Å². The van der Waals surface area contributed by atoms with E-state index >= 15 is 0 Å². The van der Waals surface area contributed by atoms with Gasteiger partial charge in [0, 0.05) is 6.42 Å². The van der Waals surface area contributed by atoms with Crippen LogP contribution in [0.2, 0.25) is 0 Å². The number of carbonyl (C=O) groups excluding carboxylic acids is 1. The number of rotatable bonds is 1. The first kappa shape index (κ1) is 14.5. The SMILES string of the molecule is Cc1ccc(C2=CC[C@H](O)[C@@]3(O)CCC(=O)[C@]3(C)C2)cc1. The molecule has 2 N–H and O–H groups in total. The van der Waals surface area contributed by atoms with Gasteiger partial charge in [0.15, 0.2) is 0 Å². The molecule has 1 saturated carbocycles. The maximum Gasteiger partial charge on any atom is 0.142 e. The molecule has 3 atom stereocenters. The van der Waals surface area contributed by atoms with Crippen molar-refractivity contribution < 1.29 is 15.0 Å². The molecule has 0 amide bonds. The van der Waals surface area contributed by atoms with Gasteiger partial charge in [-0.05, 0) is 44.2 Å². The van der Waals surface area contributed by atoms with Crippen molar-refractivity contribution >= 4 is 11.4 Å². The molecule has 0 spiro atoms. The lowest BCUT2D eigenvalue weighted by Crippen LogP contribution is -2.53. The summed E-state index contributed by atoms with van der Waals surface area (Å²) in [6, 6.07) is 8.17. The van der Waals surface area contributed by atoms with Crippen molar-refractivity contribution in [3.8, 4) is 0 Å². The Bertz CT molecular complexity index is 601. The van der Waals surface area contributed by atoms with Crippen LogP contribution in [0.15, 0.2) is 30.3 Å². The van der Waals surface area contributed by atoms with Gasteiger partial charge in [0.25, 0.3) is 0 Å². The Labute approximate surface area is 125 Å². The van der Waals surface area contributed by atoms with Crippen LogP contribution in [-0.4, -0.2) is 27.7 Å². The minimum Gasteiger partial charge on any atom is -0.390 e. The number of hydrogen-bond donors (Lipinski definition) is 2. The van der Waals surface area contributed by atoms with Crippen LogP contribution in [0.5, 0.6) is 0 Å². The van der Waals surface area contributed by atoms with E-state index in [1.165, 1.54) is 5.56 Å². The molecule has 3 nitrogen and oxygen atoms in total. The summed E-state index contributed by atoms with van der Waals surface area (Å²) in [6.45, 7) is 3.84. The Kier molecular flexibility index (Phi) is 3.30. The largest absolute Gasteiger partial charge is 0.390 e. The van der Waals surface area contributed by atoms with Gasteiger partial charge in [0.05, 0.1) is 11.5 Å². The zero-order valence-corrected chi connectivity index (χ0v) is 12.6. The van der Waals surface area contributed by atoms with Crippen LogP contribution in [-0.2, 0) is 4.79 Å².